The van der Waals surface area contributed by atoms with E-state index >= 15 is 0 Å². The third-order valence-electron chi connectivity index (χ3n) is 5.48. The number of piperidine rings is 1. The topological polar surface area (TPSA) is 56.0 Å². The Morgan fingerprint density at radius 2 is 1.90 bits per heavy atom. The van der Waals surface area contributed by atoms with E-state index in [1.807, 2.05) is 24.3 Å². The molecule has 158 valence electrons. The van der Waals surface area contributed by atoms with Gasteiger partial charge in [0.15, 0.2) is 0 Å². The zero-order valence-corrected chi connectivity index (χ0v) is 16.6. The van der Waals surface area contributed by atoms with Crippen molar-refractivity contribution in [2.45, 2.75) is 31.1 Å². The van der Waals surface area contributed by atoms with Gasteiger partial charge in [-0.2, -0.15) is 13.2 Å². The van der Waals surface area contributed by atoms with E-state index < -0.39 is 11.7 Å². The molecular weight excluding hydrogens is 391 g/mol. The fraction of sp³-hybridized carbons (Fsp3) is 0.318. The number of benzene rings is 2. The molecule has 2 unspecified atom stereocenters. The van der Waals surface area contributed by atoms with E-state index in [4.69, 9.17) is 4.98 Å². The van der Waals surface area contributed by atoms with Crippen LogP contribution in [0.5, 0.6) is 0 Å². The highest BCUT2D eigenvalue weighted by Gasteiger charge is 2.31. The van der Waals surface area contributed by atoms with Crippen LogP contribution in [-0.2, 0) is 6.18 Å². The van der Waals surface area contributed by atoms with Gasteiger partial charge in [0.05, 0.1) is 28.5 Å². The second-order valence-corrected chi connectivity index (χ2v) is 7.68. The van der Waals surface area contributed by atoms with Crippen LogP contribution in [0.15, 0.2) is 60.9 Å². The molecule has 3 aromatic rings. The summed E-state index contributed by atoms with van der Waals surface area (Å²) >= 11 is 0. The van der Waals surface area contributed by atoms with Crippen molar-refractivity contribution in [2.75, 3.05) is 18.9 Å². The van der Waals surface area contributed by atoms with Crippen LogP contribution in [-0.4, -0.2) is 34.5 Å². The van der Waals surface area contributed by atoms with Crippen molar-refractivity contribution in [2.24, 2.45) is 0 Å². The second kappa shape index (κ2) is 8.02. The number of hydrogen-bond donors (Lipinski definition) is 3. The van der Waals surface area contributed by atoms with E-state index in [0.29, 0.717) is 11.5 Å². The number of aromatic nitrogens is 2. The third kappa shape index (κ3) is 4.43. The predicted octanol–water partition coefficient (Wildman–Crippen LogP) is 4.89. The number of hydrogen-bond acceptors (Lipinski definition) is 4. The van der Waals surface area contributed by atoms with Crippen LogP contribution in [0.25, 0.3) is 11.0 Å². The van der Waals surface area contributed by atoms with Crippen LogP contribution in [0.3, 0.4) is 0 Å². The Labute approximate surface area is 173 Å². The van der Waals surface area contributed by atoms with Gasteiger partial charge in [0.25, 0.3) is 0 Å². The average molecular weight is 415 g/mol. The first-order valence-electron chi connectivity index (χ1n) is 9.84. The Kier molecular flexibility index (Phi) is 5.42. The molecule has 2 aromatic carbocycles. The van der Waals surface area contributed by atoms with Crippen LogP contribution in [0.1, 0.15) is 30.3 Å². The first-order valence-corrected chi connectivity index (χ1v) is 9.84. The molecule has 0 saturated carbocycles. The van der Waals surface area contributed by atoms with Crippen molar-refractivity contribution in [3.63, 3.8) is 0 Å². The predicted molar refractivity (Wildman–Crippen MR) is 112 cm³/mol. The van der Waals surface area contributed by atoms with Crippen LogP contribution in [0, 0.1) is 0 Å². The first-order chi connectivity index (χ1) is 14.3. The maximum Gasteiger partial charge on any atom is 0.416 e. The van der Waals surface area contributed by atoms with Crippen molar-refractivity contribution < 1.29 is 13.2 Å². The Morgan fingerprint density at radius 1 is 1.17 bits per heavy atom. The van der Waals surface area contributed by atoms with Crippen LogP contribution in [0.4, 0.5) is 18.9 Å². The minimum Gasteiger partial charge on any atom is -0.369 e. The molecule has 1 saturated heterocycles. The second-order valence-electron chi connectivity index (χ2n) is 7.68. The standard InChI is InChI=1S/C22H24F3N5/c1-14(26-16-9-7-15(8-10-16)22(23,24)25)27-17-11-12-30(2)20(13-17)21-28-18-5-3-4-6-19(18)29-21/h3-10,17,20,26-27H,1,11-13H2,2H3,(H,28,29). The lowest BCUT2D eigenvalue weighted by molar-refractivity contribution is -0.137. The molecule has 0 radical (unpaired) electrons. The monoisotopic (exact) mass is 415 g/mol. The van der Waals surface area contributed by atoms with Gasteiger partial charge in [-0.1, -0.05) is 18.7 Å². The van der Waals surface area contributed by atoms with Gasteiger partial charge in [-0.25, -0.2) is 4.98 Å². The molecule has 0 bridgehead atoms. The zero-order chi connectivity index (χ0) is 21.3. The number of nitrogens with zero attached hydrogens (tertiary/aromatic N) is 2. The number of aromatic amines is 1. The highest BCUT2D eigenvalue weighted by atomic mass is 19.4. The van der Waals surface area contributed by atoms with Crippen molar-refractivity contribution in [1.29, 1.82) is 0 Å². The van der Waals surface area contributed by atoms with Gasteiger partial charge in [0.2, 0.25) is 0 Å². The number of fused-ring (bicyclic) bond motifs is 1. The number of para-hydroxylation sites is 2. The van der Waals surface area contributed by atoms with E-state index in [-0.39, 0.29) is 12.1 Å². The number of alkyl halides is 3. The summed E-state index contributed by atoms with van der Waals surface area (Å²) in [7, 11) is 2.09. The number of rotatable bonds is 5. The van der Waals surface area contributed by atoms with Crippen molar-refractivity contribution >= 4 is 16.7 Å². The van der Waals surface area contributed by atoms with Gasteiger partial charge in [0, 0.05) is 18.3 Å². The summed E-state index contributed by atoms with van der Waals surface area (Å²) in [4.78, 5) is 10.4. The molecule has 3 N–H and O–H groups in total. The summed E-state index contributed by atoms with van der Waals surface area (Å²) in [5, 5.41) is 6.42. The number of anilines is 1. The number of likely N-dealkylation sites (tertiary alicyclic amines) is 1. The molecule has 1 aliphatic rings. The van der Waals surface area contributed by atoms with Gasteiger partial charge < -0.3 is 15.6 Å². The average Bonchev–Trinajstić information content (AvgIpc) is 3.13. The van der Waals surface area contributed by atoms with E-state index in [0.717, 1.165) is 48.4 Å². The fourth-order valence-electron chi connectivity index (χ4n) is 3.86. The molecule has 2 atom stereocenters. The highest BCUT2D eigenvalue weighted by Crippen LogP contribution is 2.31. The molecule has 0 amide bonds. The first kappa shape index (κ1) is 20.3. The van der Waals surface area contributed by atoms with E-state index in [2.05, 4.69) is 34.1 Å². The van der Waals surface area contributed by atoms with E-state index in [9.17, 15) is 13.2 Å². The highest BCUT2D eigenvalue weighted by molar-refractivity contribution is 5.74. The zero-order valence-electron chi connectivity index (χ0n) is 16.6. The molecule has 1 aromatic heterocycles. The van der Waals surface area contributed by atoms with Gasteiger partial charge in [-0.05, 0) is 56.3 Å². The molecule has 0 spiro atoms. The van der Waals surface area contributed by atoms with Gasteiger partial charge in [-0.3, -0.25) is 4.90 Å². The van der Waals surface area contributed by atoms with Crippen LogP contribution < -0.4 is 10.6 Å². The van der Waals surface area contributed by atoms with Crippen molar-refractivity contribution in [1.82, 2.24) is 20.2 Å². The molecular formula is C22H24F3N5. The van der Waals surface area contributed by atoms with E-state index in [1.165, 1.54) is 12.1 Å². The minimum absolute atomic E-state index is 0.141. The van der Waals surface area contributed by atoms with Gasteiger partial charge >= 0.3 is 6.18 Å². The molecule has 1 aliphatic heterocycles. The molecule has 2 heterocycles. The van der Waals surface area contributed by atoms with Crippen LogP contribution in [0.2, 0.25) is 0 Å². The lowest BCUT2D eigenvalue weighted by atomic mass is 9.97. The van der Waals surface area contributed by atoms with Crippen LogP contribution >= 0.6 is 0 Å². The Hall–Kier alpha value is -3.00. The molecule has 4 rings (SSSR count). The van der Waals surface area contributed by atoms with Crippen molar-refractivity contribution in [3.8, 4) is 0 Å². The van der Waals surface area contributed by atoms with Gasteiger partial charge in [0.1, 0.15) is 5.82 Å². The quantitative estimate of drug-likeness (QED) is 0.555. The van der Waals surface area contributed by atoms with E-state index in [1.54, 1.807) is 0 Å². The molecule has 30 heavy (non-hydrogen) atoms. The minimum atomic E-state index is -4.34. The summed E-state index contributed by atoms with van der Waals surface area (Å²) < 4.78 is 38.1. The normalized spacial score (nSPS) is 20.3. The SMILES string of the molecule is C=C(Nc1ccc(C(F)(F)F)cc1)NC1CCN(C)C(c2nc3ccccc3[nH]2)C1. The van der Waals surface area contributed by atoms with Gasteiger partial charge in [-0.15, -0.1) is 0 Å². The lowest BCUT2D eigenvalue weighted by Gasteiger charge is -2.37. The largest absolute Gasteiger partial charge is 0.416 e. The van der Waals surface area contributed by atoms with Crippen molar-refractivity contribution in [3.05, 3.63) is 72.3 Å². The molecule has 8 heteroatoms. The Balaban J connectivity index is 1.39. The maximum absolute atomic E-state index is 12.7. The number of halogens is 3. The number of imidazole rings is 1. The lowest BCUT2D eigenvalue weighted by Crippen LogP contribution is -2.43. The summed E-state index contributed by atoms with van der Waals surface area (Å²) in [5.74, 6) is 1.50. The summed E-state index contributed by atoms with van der Waals surface area (Å²) in [6.45, 7) is 4.88. The third-order valence-corrected chi connectivity index (χ3v) is 5.48. The number of H-pyrrole nitrogens is 1. The Morgan fingerprint density at radius 3 is 2.60 bits per heavy atom. The summed E-state index contributed by atoms with van der Waals surface area (Å²) in [6.07, 6.45) is -2.57. The molecule has 1 fully saturated rings. The molecule has 0 aliphatic carbocycles. The maximum atomic E-state index is 12.7. The fourth-order valence-corrected chi connectivity index (χ4v) is 3.86. The summed E-state index contributed by atoms with van der Waals surface area (Å²) in [5.41, 5.74) is 1.85. The molecule has 5 nitrogen and oxygen atoms in total. The smallest absolute Gasteiger partial charge is 0.369 e. The summed E-state index contributed by atoms with van der Waals surface area (Å²) in [6, 6.07) is 13.2. The Bertz CT molecular complexity index is 992. The number of nitrogens with one attached hydrogen (secondary N) is 3.